The number of rotatable bonds is 4. The number of nitrogens with one attached hydrogen (secondary N) is 1. The summed E-state index contributed by atoms with van der Waals surface area (Å²) in [6.45, 7) is 6.15. The molecule has 4 nitrogen and oxygen atoms in total. The van der Waals surface area contributed by atoms with Gasteiger partial charge in [-0.1, -0.05) is 12.8 Å². The molecule has 4 heteroatoms. The minimum Gasteiger partial charge on any atom is -0.379 e. The summed E-state index contributed by atoms with van der Waals surface area (Å²) >= 11 is 0. The molecule has 1 saturated heterocycles. The quantitative estimate of drug-likeness (QED) is 0.719. The summed E-state index contributed by atoms with van der Waals surface area (Å²) in [5, 5.41) is 3.61. The zero-order valence-electron chi connectivity index (χ0n) is 10.2. The first-order valence-corrected chi connectivity index (χ1v) is 6.65. The summed E-state index contributed by atoms with van der Waals surface area (Å²) in [6.07, 6.45) is 5.09. The number of nitrogens with two attached hydrogens (primary N) is 1. The van der Waals surface area contributed by atoms with E-state index in [4.69, 9.17) is 10.5 Å². The van der Waals surface area contributed by atoms with Gasteiger partial charge in [-0.2, -0.15) is 0 Å². The van der Waals surface area contributed by atoms with E-state index < -0.39 is 0 Å². The second-order valence-electron chi connectivity index (χ2n) is 4.96. The Morgan fingerprint density at radius 3 is 2.69 bits per heavy atom. The first-order chi connectivity index (χ1) is 7.86. The molecule has 0 aromatic carbocycles. The smallest absolute Gasteiger partial charge is 0.0594 e. The molecule has 1 aliphatic heterocycles. The predicted molar refractivity (Wildman–Crippen MR) is 65.5 cm³/mol. The van der Waals surface area contributed by atoms with Gasteiger partial charge in [0.15, 0.2) is 0 Å². The lowest BCUT2D eigenvalue weighted by Gasteiger charge is -2.31. The third-order valence-corrected chi connectivity index (χ3v) is 3.76. The van der Waals surface area contributed by atoms with Crippen LogP contribution < -0.4 is 11.1 Å². The monoisotopic (exact) mass is 227 g/mol. The van der Waals surface area contributed by atoms with Gasteiger partial charge in [-0.3, -0.25) is 4.90 Å². The molecular weight excluding hydrogens is 202 g/mol. The molecule has 94 valence electrons. The second kappa shape index (κ2) is 6.55. The Labute approximate surface area is 98.5 Å². The lowest BCUT2D eigenvalue weighted by Crippen LogP contribution is -2.49. The van der Waals surface area contributed by atoms with Crippen LogP contribution >= 0.6 is 0 Å². The van der Waals surface area contributed by atoms with Crippen LogP contribution in [0.2, 0.25) is 0 Å². The van der Waals surface area contributed by atoms with Crippen LogP contribution in [-0.2, 0) is 4.74 Å². The Morgan fingerprint density at radius 1 is 1.19 bits per heavy atom. The molecule has 1 aliphatic carbocycles. The van der Waals surface area contributed by atoms with Crippen LogP contribution in [-0.4, -0.2) is 56.4 Å². The summed E-state index contributed by atoms with van der Waals surface area (Å²) in [4.78, 5) is 2.46. The highest BCUT2D eigenvalue weighted by molar-refractivity contribution is 4.83. The van der Waals surface area contributed by atoms with Gasteiger partial charge in [0.05, 0.1) is 13.2 Å². The third kappa shape index (κ3) is 3.70. The Balaban J connectivity index is 1.59. The van der Waals surface area contributed by atoms with Gasteiger partial charge < -0.3 is 15.8 Å². The fraction of sp³-hybridized carbons (Fsp3) is 1.00. The molecule has 0 aromatic heterocycles. The maximum atomic E-state index is 6.10. The summed E-state index contributed by atoms with van der Waals surface area (Å²) in [5.74, 6) is 0. The highest BCUT2D eigenvalue weighted by Crippen LogP contribution is 2.16. The molecule has 0 aromatic rings. The van der Waals surface area contributed by atoms with Crippen LogP contribution in [0, 0.1) is 0 Å². The summed E-state index contributed by atoms with van der Waals surface area (Å²) in [5.41, 5.74) is 6.10. The van der Waals surface area contributed by atoms with Crippen LogP contribution in [0.25, 0.3) is 0 Å². The first-order valence-electron chi connectivity index (χ1n) is 6.65. The van der Waals surface area contributed by atoms with Crippen molar-refractivity contribution in [2.45, 2.75) is 37.8 Å². The van der Waals surface area contributed by atoms with Crippen molar-refractivity contribution >= 4 is 0 Å². The Hall–Kier alpha value is -0.160. The number of ether oxygens (including phenoxy) is 1. The van der Waals surface area contributed by atoms with Gasteiger partial charge in [-0.25, -0.2) is 0 Å². The molecule has 2 fully saturated rings. The van der Waals surface area contributed by atoms with E-state index in [0.717, 1.165) is 39.4 Å². The summed E-state index contributed by atoms with van der Waals surface area (Å²) < 4.78 is 5.33. The van der Waals surface area contributed by atoms with E-state index in [-0.39, 0.29) is 0 Å². The van der Waals surface area contributed by atoms with Crippen LogP contribution in [0.3, 0.4) is 0 Å². The molecule has 2 aliphatic rings. The largest absolute Gasteiger partial charge is 0.379 e. The van der Waals surface area contributed by atoms with E-state index in [2.05, 4.69) is 10.2 Å². The molecule has 3 N–H and O–H groups in total. The molecule has 0 bridgehead atoms. The van der Waals surface area contributed by atoms with Crippen molar-refractivity contribution in [1.82, 2.24) is 10.2 Å². The highest BCUT2D eigenvalue weighted by Gasteiger charge is 2.21. The number of morpholine rings is 1. The molecule has 0 unspecified atom stereocenters. The maximum absolute atomic E-state index is 6.10. The van der Waals surface area contributed by atoms with E-state index in [1.54, 1.807) is 0 Å². The van der Waals surface area contributed by atoms with Crippen molar-refractivity contribution < 1.29 is 4.74 Å². The minimum atomic E-state index is 0.374. The molecule has 2 rings (SSSR count). The first kappa shape index (κ1) is 12.3. The van der Waals surface area contributed by atoms with Gasteiger partial charge in [-0.15, -0.1) is 0 Å². The third-order valence-electron chi connectivity index (χ3n) is 3.76. The number of hydrogen-bond acceptors (Lipinski definition) is 4. The molecule has 16 heavy (non-hydrogen) atoms. The van der Waals surface area contributed by atoms with Crippen molar-refractivity contribution in [1.29, 1.82) is 0 Å². The summed E-state index contributed by atoms with van der Waals surface area (Å²) in [7, 11) is 0. The van der Waals surface area contributed by atoms with E-state index in [0.29, 0.717) is 12.1 Å². The molecule has 0 radical (unpaired) electrons. The standard InChI is InChI=1S/C12H25N3O/c13-11-3-1-2-4-12(11)14-5-6-15-7-9-16-10-8-15/h11-12,14H,1-10,13H2/t11-,12-/m0/s1. The van der Waals surface area contributed by atoms with Gasteiger partial charge in [0.1, 0.15) is 0 Å². The Bertz CT molecular complexity index is 195. The van der Waals surface area contributed by atoms with Gasteiger partial charge in [0.2, 0.25) is 0 Å². The van der Waals surface area contributed by atoms with E-state index in [1.807, 2.05) is 0 Å². The SMILES string of the molecule is N[C@H]1CCCC[C@@H]1NCCN1CCOCC1. The zero-order valence-corrected chi connectivity index (χ0v) is 10.2. The lowest BCUT2D eigenvalue weighted by atomic mass is 9.91. The van der Waals surface area contributed by atoms with Crippen LogP contribution in [0.4, 0.5) is 0 Å². The normalized spacial score (nSPS) is 32.8. The van der Waals surface area contributed by atoms with Gasteiger partial charge >= 0.3 is 0 Å². The van der Waals surface area contributed by atoms with Crippen LogP contribution in [0.15, 0.2) is 0 Å². The molecule has 1 heterocycles. The van der Waals surface area contributed by atoms with E-state index in [9.17, 15) is 0 Å². The molecule has 2 atom stereocenters. The lowest BCUT2D eigenvalue weighted by molar-refractivity contribution is 0.0379. The second-order valence-corrected chi connectivity index (χ2v) is 4.96. The molecule has 0 amide bonds. The zero-order chi connectivity index (χ0) is 11.2. The van der Waals surface area contributed by atoms with Crippen molar-refractivity contribution in [3.8, 4) is 0 Å². The summed E-state index contributed by atoms with van der Waals surface area (Å²) in [6, 6.07) is 0.924. The number of hydrogen-bond donors (Lipinski definition) is 2. The van der Waals surface area contributed by atoms with Crippen LogP contribution in [0.5, 0.6) is 0 Å². The van der Waals surface area contributed by atoms with Crippen molar-refractivity contribution in [2.75, 3.05) is 39.4 Å². The molecular formula is C12H25N3O. The minimum absolute atomic E-state index is 0.374. The molecule has 0 spiro atoms. The Morgan fingerprint density at radius 2 is 1.94 bits per heavy atom. The van der Waals surface area contributed by atoms with E-state index in [1.165, 1.54) is 25.7 Å². The van der Waals surface area contributed by atoms with Crippen molar-refractivity contribution in [3.63, 3.8) is 0 Å². The Kier molecular flexibility index (Phi) is 5.03. The van der Waals surface area contributed by atoms with Crippen molar-refractivity contribution in [3.05, 3.63) is 0 Å². The fourth-order valence-corrected chi connectivity index (χ4v) is 2.65. The van der Waals surface area contributed by atoms with E-state index >= 15 is 0 Å². The van der Waals surface area contributed by atoms with Crippen LogP contribution in [0.1, 0.15) is 25.7 Å². The average Bonchev–Trinajstić information content (AvgIpc) is 2.33. The topological polar surface area (TPSA) is 50.5 Å². The van der Waals surface area contributed by atoms with Gasteiger partial charge in [-0.05, 0) is 12.8 Å². The fourth-order valence-electron chi connectivity index (χ4n) is 2.65. The highest BCUT2D eigenvalue weighted by atomic mass is 16.5. The van der Waals surface area contributed by atoms with Crippen molar-refractivity contribution in [2.24, 2.45) is 5.73 Å². The van der Waals surface area contributed by atoms with Gasteiger partial charge in [0, 0.05) is 38.3 Å². The van der Waals surface area contributed by atoms with Gasteiger partial charge in [0.25, 0.3) is 0 Å². The predicted octanol–water partition coefficient (Wildman–Crippen LogP) is 0.178. The maximum Gasteiger partial charge on any atom is 0.0594 e. The molecule has 1 saturated carbocycles. The average molecular weight is 227 g/mol. The number of nitrogens with zero attached hydrogens (tertiary/aromatic N) is 1.